The average Bonchev–Trinajstić information content (AvgIpc) is 3.14. The van der Waals surface area contributed by atoms with Gasteiger partial charge in [0.1, 0.15) is 18.1 Å². The van der Waals surface area contributed by atoms with Crippen molar-refractivity contribution in [3.63, 3.8) is 0 Å². The number of carboxylic acids is 1. The first kappa shape index (κ1) is 16.1. The van der Waals surface area contributed by atoms with E-state index in [1.54, 1.807) is 6.92 Å². The maximum atomic E-state index is 11.9. The third kappa shape index (κ3) is 2.76. The zero-order valence-electron chi connectivity index (χ0n) is 12.7. The van der Waals surface area contributed by atoms with Crippen LogP contribution in [-0.2, 0) is 4.79 Å². The minimum Gasteiger partial charge on any atom is -0.480 e. The number of aromatic nitrogens is 2. The highest BCUT2D eigenvalue weighted by Gasteiger charge is 2.23. The van der Waals surface area contributed by atoms with Crippen LogP contribution in [0, 0.1) is 0 Å². The highest BCUT2D eigenvalue weighted by Crippen LogP contribution is 2.33. The number of nitrogens with zero attached hydrogens (tertiary/aromatic N) is 2. The summed E-state index contributed by atoms with van der Waals surface area (Å²) in [5.41, 5.74) is 0.447. The van der Waals surface area contributed by atoms with Gasteiger partial charge in [-0.1, -0.05) is 11.6 Å². The number of halogens is 1. The van der Waals surface area contributed by atoms with Crippen molar-refractivity contribution >= 4 is 28.7 Å². The standard InChI is InChI=1S/C15H13ClN2O6/c1-7(14(19)20)18-10-5-9(16)11(6-12(10)24-15(18)21)23-8(2)13-17-3-4-22-13/h3-8H,1-2H3,(H,19,20)/t7-,8?/m1/s1. The third-order valence-electron chi connectivity index (χ3n) is 3.51. The van der Waals surface area contributed by atoms with E-state index >= 15 is 0 Å². The van der Waals surface area contributed by atoms with Gasteiger partial charge in [0.15, 0.2) is 11.7 Å². The number of carbonyl (C=O) groups is 1. The molecule has 126 valence electrons. The van der Waals surface area contributed by atoms with E-state index in [-0.39, 0.29) is 21.9 Å². The van der Waals surface area contributed by atoms with Gasteiger partial charge < -0.3 is 18.7 Å². The van der Waals surface area contributed by atoms with Gasteiger partial charge in [-0.25, -0.2) is 14.6 Å². The Balaban J connectivity index is 2.02. The molecule has 0 amide bonds. The van der Waals surface area contributed by atoms with Gasteiger partial charge in [0.25, 0.3) is 0 Å². The summed E-state index contributed by atoms with van der Waals surface area (Å²) in [6, 6.07) is 1.77. The monoisotopic (exact) mass is 352 g/mol. The first-order valence-electron chi connectivity index (χ1n) is 7.02. The second kappa shape index (κ2) is 6.04. The molecule has 9 heteroatoms. The van der Waals surface area contributed by atoms with Gasteiger partial charge in [0, 0.05) is 6.07 Å². The van der Waals surface area contributed by atoms with Crippen molar-refractivity contribution in [3.8, 4) is 5.75 Å². The molecule has 0 saturated carbocycles. The molecule has 0 fully saturated rings. The number of rotatable bonds is 5. The van der Waals surface area contributed by atoms with Gasteiger partial charge >= 0.3 is 11.7 Å². The molecule has 8 nitrogen and oxygen atoms in total. The molecule has 0 radical (unpaired) electrons. The molecule has 1 N–H and O–H groups in total. The molecule has 0 aliphatic heterocycles. The average molecular weight is 353 g/mol. The van der Waals surface area contributed by atoms with Crippen molar-refractivity contribution < 1.29 is 23.5 Å². The summed E-state index contributed by atoms with van der Waals surface area (Å²) in [6.07, 6.45) is 2.40. The van der Waals surface area contributed by atoms with Crippen LogP contribution in [0.1, 0.15) is 31.9 Å². The second-order valence-corrected chi connectivity index (χ2v) is 5.54. The summed E-state index contributed by atoms with van der Waals surface area (Å²) in [5, 5.41) is 9.31. The van der Waals surface area contributed by atoms with Crippen molar-refractivity contribution in [2.75, 3.05) is 0 Å². The lowest BCUT2D eigenvalue weighted by atomic mass is 10.2. The van der Waals surface area contributed by atoms with Gasteiger partial charge in [0.2, 0.25) is 5.89 Å². The number of carboxylic acid groups (broad SMARTS) is 1. The fourth-order valence-electron chi connectivity index (χ4n) is 2.28. The van der Waals surface area contributed by atoms with E-state index in [1.165, 1.54) is 31.5 Å². The topological polar surface area (TPSA) is 108 Å². The van der Waals surface area contributed by atoms with Crippen LogP contribution in [0.5, 0.6) is 5.75 Å². The van der Waals surface area contributed by atoms with E-state index in [2.05, 4.69) is 4.98 Å². The van der Waals surface area contributed by atoms with Gasteiger partial charge in [0.05, 0.1) is 16.7 Å². The lowest BCUT2D eigenvalue weighted by molar-refractivity contribution is -0.140. The maximum absolute atomic E-state index is 11.9. The molecular weight excluding hydrogens is 340 g/mol. The van der Waals surface area contributed by atoms with Crippen molar-refractivity contribution in [3.05, 3.63) is 46.1 Å². The fourth-order valence-corrected chi connectivity index (χ4v) is 2.48. The van der Waals surface area contributed by atoms with Gasteiger partial charge in [-0.3, -0.25) is 4.57 Å². The Labute approximate surface area is 140 Å². The molecule has 0 bridgehead atoms. The number of oxazole rings is 2. The molecule has 3 aromatic rings. The van der Waals surface area contributed by atoms with Crippen LogP contribution in [0.4, 0.5) is 0 Å². The summed E-state index contributed by atoms with van der Waals surface area (Å²) in [4.78, 5) is 27.1. The number of hydrogen-bond donors (Lipinski definition) is 1. The van der Waals surface area contributed by atoms with E-state index < -0.39 is 23.9 Å². The van der Waals surface area contributed by atoms with Gasteiger partial charge in [-0.2, -0.15) is 0 Å². The van der Waals surface area contributed by atoms with Crippen LogP contribution in [0.2, 0.25) is 5.02 Å². The van der Waals surface area contributed by atoms with Crippen molar-refractivity contribution in [2.45, 2.75) is 26.0 Å². The first-order chi connectivity index (χ1) is 11.4. The minimum absolute atomic E-state index is 0.173. The maximum Gasteiger partial charge on any atom is 0.420 e. The van der Waals surface area contributed by atoms with E-state index in [1.807, 2.05) is 0 Å². The Morgan fingerprint density at radius 2 is 2.17 bits per heavy atom. The molecule has 1 aromatic carbocycles. The van der Waals surface area contributed by atoms with Crippen LogP contribution in [0.15, 0.2) is 38.2 Å². The second-order valence-electron chi connectivity index (χ2n) is 5.13. The molecule has 1 unspecified atom stereocenters. The molecular formula is C15H13ClN2O6. The Hall–Kier alpha value is -2.74. The highest BCUT2D eigenvalue weighted by atomic mass is 35.5. The molecule has 3 rings (SSSR count). The van der Waals surface area contributed by atoms with Crippen LogP contribution in [0.3, 0.4) is 0 Å². The predicted molar refractivity (Wildman–Crippen MR) is 83.4 cm³/mol. The first-order valence-corrected chi connectivity index (χ1v) is 7.39. The molecule has 24 heavy (non-hydrogen) atoms. The Morgan fingerprint density at radius 3 is 2.79 bits per heavy atom. The SMILES string of the molecule is CC(Oc1cc2oc(=O)n([C@H](C)C(=O)O)c2cc1Cl)c1ncco1. The van der Waals surface area contributed by atoms with Crippen LogP contribution >= 0.6 is 11.6 Å². The van der Waals surface area contributed by atoms with Gasteiger partial charge in [-0.05, 0) is 19.9 Å². The molecule has 0 aliphatic rings. The van der Waals surface area contributed by atoms with E-state index in [4.69, 9.17) is 30.3 Å². The fraction of sp³-hybridized carbons (Fsp3) is 0.267. The van der Waals surface area contributed by atoms with E-state index in [0.29, 0.717) is 5.89 Å². The van der Waals surface area contributed by atoms with E-state index in [9.17, 15) is 9.59 Å². The number of fused-ring (bicyclic) bond motifs is 1. The lowest BCUT2D eigenvalue weighted by Gasteiger charge is -2.13. The number of aliphatic carboxylic acids is 1. The molecule has 0 spiro atoms. The summed E-state index contributed by atoms with van der Waals surface area (Å²) in [6.45, 7) is 3.10. The summed E-state index contributed by atoms with van der Waals surface area (Å²) in [5.74, 6) is -1.31. The molecule has 0 aliphatic carbocycles. The lowest BCUT2D eigenvalue weighted by Crippen LogP contribution is -2.24. The van der Waals surface area contributed by atoms with Gasteiger partial charge in [-0.15, -0.1) is 0 Å². The summed E-state index contributed by atoms with van der Waals surface area (Å²) >= 11 is 6.19. The quantitative estimate of drug-likeness (QED) is 0.751. The Bertz CT molecular complexity index is 943. The van der Waals surface area contributed by atoms with E-state index in [0.717, 1.165) is 4.57 Å². The predicted octanol–water partition coefficient (Wildman–Crippen LogP) is 3.02. The number of benzene rings is 1. The Kier molecular flexibility index (Phi) is 4.06. The van der Waals surface area contributed by atoms with Crippen LogP contribution < -0.4 is 10.5 Å². The normalized spacial score (nSPS) is 13.8. The highest BCUT2D eigenvalue weighted by molar-refractivity contribution is 6.32. The third-order valence-corrected chi connectivity index (χ3v) is 3.81. The van der Waals surface area contributed by atoms with Crippen molar-refractivity contribution in [1.82, 2.24) is 9.55 Å². The van der Waals surface area contributed by atoms with Crippen molar-refractivity contribution in [2.24, 2.45) is 0 Å². The summed E-state index contributed by atoms with van der Waals surface area (Å²) in [7, 11) is 0. The van der Waals surface area contributed by atoms with Crippen molar-refractivity contribution in [1.29, 1.82) is 0 Å². The zero-order chi connectivity index (χ0) is 17.4. The largest absolute Gasteiger partial charge is 0.480 e. The minimum atomic E-state index is -1.16. The molecule has 2 heterocycles. The van der Waals surface area contributed by atoms with Crippen LogP contribution in [-0.4, -0.2) is 20.6 Å². The smallest absolute Gasteiger partial charge is 0.420 e. The van der Waals surface area contributed by atoms with Crippen LogP contribution in [0.25, 0.3) is 11.1 Å². The molecule has 0 saturated heterocycles. The number of hydrogen-bond acceptors (Lipinski definition) is 6. The number of ether oxygens (including phenoxy) is 1. The zero-order valence-corrected chi connectivity index (χ0v) is 13.5. The summed E-state index contributed by atoms with van der Waals surface area (Å²) < 4.78 is 17.0. The Morgan fingerprint density at radius 1 is 1.42 bits per heavy atom. The molecule has 2 aromatic heterocycles. The molecule has 2 atom stereocenters.